The van der Waals surface area contributed by atoms with E-state index < -0.39 is 16.1 Å². The molecular weight excluding hydrogens is 352 g/mol. The van der Waals surface area contributed by atoms with Gasteiger partial charge in [0.1, 0.15) is 11.8 Å². The van der Waals surface area contributed by atoms with Crippen LogP contribution in [0.2, 0.25) is 0 Å². The second-order valence-electron chi connectivity index (χ2n) is 6.14. The van der Waals surface area contributed by atoms with E-state index in [-0.39, 0.29) is 5.91 Å². The largest absolute Gasteiger partial charge is 0.497 e. The van der Waals surface area contributed by atoms with Crippen LogP contribution in [0.1, 0.15) is 18.1 Å². The number of nitrogens with zero attached hydrogens (tertiary/aromatic N) is 1. The number of ether oxygens (including phenoxy) is 1. The first kappa shape index (κ1) is 19.8. The Kier molecular flexibility index (Phi) is 6.26. The Balaban J connectivity index is 2.16. The average Bonchev–Trinajstić information content (AvgIpc) is 2.60. The first-order chi connectivity index (χ1) is 12.2. The lowest BCUT2D eigenvalue weighted by atomic mass is 10.1. The summed E-state index contributed by atoms with van der Waals surface area (Å²) < 4.78 is 30.7. The molecule has 0 unspecified atom stereocenters. The number of anilines is 1. The zero-order valence-corrected chi connectivity index (χ0v) is 16.2. The highest BCUT2D eigenvalue weighted by molar-refractivity contribution is 7.92. The van der Waals surface area contributed by atoms with Gasteiger partial charge in [0.15, 0.2) is 0 Å². The van der Waals surface area contributed by atoms with Gasteiger partial charge in [0, 0.05) is 6.54 Å². The van der Waals surface area contributed by atoms with Crippen molar-refractivity contribution in [3.05, 3.63) is 59.7 Å². The molecule has 0 aliphatic heterocycles. The second kappa shape index (κ2) is 8.23. The Bertz CT molecular complexity index is 846. The fraction of sp³-hybridized carbons (Fsp3) is 0.316. The molecule has 2 aromatic rings. The normalized spacial score (nSPS) is 12.3. The van der Waals surface area contributed by atoms with Gasteiger partial charge in [-0.25, -0.2) is 8.42 Å². The quantitative estimate of drug-likeness (QED) is 0.805. The summed E-state index contributed by atoms with van der Waals surface area (Å²) >= 11 is 0. The van der Waals surface area contributed by atoms with Crippen LogP contribution >= 0.6 is 0 Å². The van der Waals surface area contributed by atoms with Gasteiger partial charge in [-0.2, -0.15) is 0 Å². The van der Waals surface area contributed by atoms with E-state index >= 15 is 0 Å². The van der Waals surface area contributed by atoms with Crippen LogP contribution in [0.5, 0.6) is 5.75 Å². The average molecular weight is 376 g/mol. The molecule has 1 amide bonds. The molecule has 0 aromatic heterocycles. The molecule has 0 fully saturated rings. The second-order valence-corrected chi connectivity index (χ2v) is 8.00. The molecule has 0 saturated heterocycles. The summed E-state index contributed by atoms with van der Waals surface area (Å²) in [6.07, 6.45) is 1.08. The van der Waals surface area contributed by atoms with Gasteiger partial charge in [-0.15, -0.1) is 0 Å². The SMILES string of the molecule is COc1ccc(N([C@@H](C)C(=O)NCc2ccc(C)cc2)S(C)(=O)=O)cc1. The maximum absolute atomic E-state index is 12.5. The van der Waals surface area contributed by atoms with Gasteiger partial charge in [-0.3, -0.25) is 9.10 Å². The standard InChI is InChI=1S/C19H24N2O4S/c1-14-5-7-16(8-6-14)13-20-19(22)15(2)21(26(4,23)24)17-9-11-18(25-3)12-10-17/h5-12,15H,13H2,1-4H3,(H,20,22)/t15-/m0/s1. The minimum absolute atomic E-state index is 0.337. The van der Waals surface area contributed by atoms with E-state index in [0.29, 0.717) is 18.0 Å². The summed E-state index contributed by atoms with van der Waals surface area (Å²) in [7, 11) is -2.11. The lowest BCUT2D eigenvalue weighted by Crippen LogP contribution is -2.47. The molecule has 2 rings (SSSR count). The van der Waals surface area contributed by atoms with Crippen molar-refractivity contribution >= 4 is 21.6 Å². The maximum atomic E-state index is 12.5. The van der Waals surface area contributed by atoms with Crippen molar-refractivity contribution in [2.75, 3.05) is 17.7 Å². The van der Waals surface area contributed by atoms with Crippen LogP contribution in [0.15, 0.2) is 48.5 Å². The van der Waals surface area contributed by atoms with Crippen LogP contribution in [0.25, 0.3) is 0 Å². The van der Waals surface area contributed by atoms with Gasteiger partial charge in [-0.1, -0.05) is 29.8 Å². The zero-order valence-electron chi connectivity index (χ0n) is 15.4. The van der Waals surface area contributed by atoms with E-state index in [2.05, 4.69) is 5.32 Å². The predicted molar refractivity (Wildman–Crippen MR) is 103 cm³/mol. The zero-order chi connectivity index (χ0) is 19.3. The molecule has 0 heterocycles. The van der Waals surface area contributed by atoms with Crippen molar-refractivity contribution in [3.8, 4) is 5.75 Å². The van der Waals surface area contributed by atoms with Gasteiger partial charge in [-0.05, 0) is 43.7 Å². The summed E-state index contributed by atoms with van der Waals surface area (Å²) in [5.41, 5.74) is 2.49. The van der Waals surface area contributed by atoms with Gasteiger partial charge in [0.05, 0.1) is 19.1 Å². The number of amides is 1. The number of hydrogen-bond donors (Lipinski definition) is 1. The number of methoxy groups -OCH3 is 1. The van der Waals surface area contributed by atoms with Gasteiger partial charge < -0.3 is 10.1 Å². The van der Waals surface area contributed by atoms with Crippen LogP contribution < -0.4 is 14.4 Å². The Hall–Kier alpha value is -2.54. The highest BCUT2D eigenvalue weighted by Crippen LogP contribution is 2.23. The van der Waals surface area contributed by atoms with E-state index in [1.54, 1.807) is 31.2 Å². The van der Waals surface area contributed by atoms with Crippen molar-refractivity contribution in [3.63, 3.8) is 0 Å². The Labute approximate surface area is 154 Å². The van der Waals surface area contributed by atoms with Crippen LogP contribution in [-0.2, 0) is 21.4 Å². The third-order valence-corrected chi connectivity index (χ3v) is 5.24. The summed E-state index contributed by atoms with van der Waals surface area (Å²) in [5.74, 6) is 0.241. The van der Waals surface area contributed by atoms with Crippen molar-refractivity contribution in [1.82, 2.24) is 5.32 Å². The fourth-order valence-electron chi connectivity index (χ4n) is 2.58. The summed E-state index contributed by atoms with van der Waals surface area (Å²) in [6.45, 7) is 3.89. The molecule has 0 aliphatic rings. The molecule has 1 atom stereocenters. The number of hydrogen-bond acceptors (Lipinski definition) is 4. The molecule has 140 valence electrons. The monoisotopic (exact) mass is 376 g/mol. The topological polar surface area (TPSA) is 75.7 Å². The van der Waals surface area contributed by atoms with Crippen molar-refractivity contribution < 1.29 is 17.9 Å². The highest BCUT2D eigenvalue weighted by Gasteiger charge is 2.28. The molecule has 2 aromatic carbocycles. The Morgan fingerprint density at radius 1 is 1.12 bits per heavy atom. The summed E-state index contributed by atoms with van der Waals surface area (Å²) in [5, 5.41) is 2.79. The highest BCUT2D eigenvalue weighted by atomic mass is 32.2. The number of aryl methyl sites for hydroxylation is 1. The molecule has 0 aliphatic carbocycles. The number of sulfonamides is 1. The maximum Gasteiger partial charge on any atom is 0.243 e. The molecule has 1 N–H and O–H groups in total. The molecule has 0 spiro atoms. The molecule has 26 heavy (non-hydrogen) atoms. The van der Waals surface area contributed by atoms with E-state index in [4.69, 9.17) is 4.74 Å². The number of rotatable bonds is 7. The molecule has 7 heteroatoms. The van der Waals surface area contributed by atoms with Gasteiger partial charge in [0.25, 0.3) is 0 Å². The lowest BCUT2D eigenvalue weighted by molar-refractivity contribution is -0.122. The summed E-state index contributed by atoms with van der Waals surface area (Å²) in [6, 6.07) is 13.4. The Morgan fingerprint density at radius 2 is 1.69 bits per heavy atom. The van der Waals surface area contributed by atoms with E-state index in [1.807, 2.05) is 31.2 Å². The molecule has 6 nitrogen and oxygen atoms in total. The first-order valence-corrected chi connectivity index (χ1v) is 10.0. The van der Waals surface area contributed by atoms with Crippen LogP contribution in [-0.4, -0.2) is 33.7 Å². The van der Waals surface area contributed by atoms with Gasteiger partial charge in [0.2, 0.25) is 15.9 Å². The van der Waals surface area contributed by atoms with Gasteiger partial charge >= 0.3 is 0 Å². The fourth-order valence-corrected chi connectivity index (χ4v) is 3.76. The molecule has 0 radical (unpaired) electrons. The predicted octanol–water partition coefficient (Wildman–Crippen LogP) is 2.47. The smallest absolute Gasteiger partial charge is 0.243 e. The number of nitrogens with one attached hydrogen (secondary N) is 1. The number of carbonyl (C=O) groups is 1. The molecule has 0 saturated carbocycles. The van der Waals surface area contributed by atoms with Crippen LogP contribution in [0.4, 0.5) is 5.69 Å². The van der Waals surface area contributed by atoms with E-state index in [1.165, 1.54) is 7.11 Å². The molecule has 0 bridgehead atoms. The lowest BCUT2D eigenvalue weighted by Gasteiger charge is -2.28. The van der Waals surface area contributed by atoms with Crippen molar-refractivity contribution in [2.45, 2.75) is 26.4 Å². The Morgan fingerprint density at radius 3 is 2.19 bits per heavy atom. The third-order valence-electron chi connectivity index (χ3n) is 4.00. The van der Waals surface area contributed by atoms with Crippen LogP contribution in [0.3, 0.4) is 0 Å². The van der Waals surface area contributed by atoms with Crippen molar-refractivity contribution in [2.24, 2.45) is 0 Å². The number of benzene rings is 2. The number of carbonyl (C=O) groups excluding carboxylic acids is 1. The minimum Gasteiger partial charge on any atom is -0.497 e. The first-order valence-electron chi connectivity index (χ1n) is 8.19. The molecular formula is C19H24N2O4S. The van der Waals surface area contributed by atoms with Crippen molar-refractivity contribution in [1.29, 1.82) is 0 Å². The minimum atomic E-state index is -3.64. The van der Waals surface area contributed by atoms with E-state index in [0.717, 1.165) is 21.7 Å². The summed E-state index contributed by atoms with van der Waals surface area (Å²) in [4.78, 5) is 12.5. The third kappa shape index (κ3) is 4.98. The van der Waals surface area contributed by atoms with E-state index in [9.17, 15) is 13.2 Å². The van der Waals surface area contributed by atoms with Crippen LogP contribution in [0, 0.1) is 6.92 Å².